The lowest BCUT2D eigenvalue weighted by Crippen LogP contribution is -2.31. The lowest BCUT2D eigenvalue weighted by Gasteiger charge is -2.41. The summed E-state index contributed by atoms with van der Waals surface area (Å²) in [6.45, 7) is 6.36. The molecule has 0 unspecified atom stereocenters. The Kier molecular flexibility index (Phi) is 4.56. The summed E-state index contributed by atoms with van der Waals surface area (Å²) in [6.07, 6.45) is 9.84. The van der Waals surface area contributed by atoms with Gasteiger partial charge in [0, 0.05) is 12.8 Å². The van der Waals surface area contributed by atoms with Crippen LogP contribution in [0.3, 0.4) is 0 Å². The van der Waals surface area contributed by atoms with Crippen molar-refractivity contribution in [2.24, 2.45) is 5.41 Å². The quantitative estimate of drug-likeness (QED) is 0.596. The average Bonchev–Trinajstić information content (AvgIpc) is 2.09. The summed E-state index contributed by atoms with van der Waals surface area (Å²) in [7, 11) is 0. The highest BCUT2D eigenvalue weighted by Crippen LogP contribution is 2.47. The van der Waals surface area contributed by atoms with E-state index < -0.39 is 0 Å². The molecular weight excluding hydrogens is 184 g/mol. The normalized spacial score (nSPS) is 18.1. The summed E-state index contributed by atoms with van der Waals surface area (Å²) in [6, 6.07) is 0. The van der Waals surface area contributed by atoms with Crippen LogP contribution >= 0.6 is 0 Å². The molecule has 0 aromatic rings. The van der Waals surface area contributed by atoms with Crippen molar-refractivity contribution in [3.8, 4) is 0 Å². The van der Waals surface area contributed by atoms with Crippen LogP contribution in [0.4, 0.5) is 0 Å². The molecule has 0 radical (unpaired) electrons. The maximum absolute atomic E-state index is 11.7. The van der Waals surface area contributed by atoms with Crippen molar-refractivity contribution in [2.75, 3.05) is 0 Å². The lowest BCUT2D eigenvalue weighted by molar-refractivity contribution is -0.122. The van der Waals surface area contributed by atoms with E-state index in [0.717, 1.165) is 25.7 Å². The van der Waals surface area contributed by atoms with Gasteiger partial charge in [0.1, 0.15) is 5.78 Å². The summed E-state index contributed by atoms with van der Waals surface area (Å²) in [5.74, 6) is 0.472. The average molecular weight is 208 g/mol. The molecule has 15 heavy (non-hydrogen) atoms. The van der Waals surface area contributed by atoms with Crippen molar-refractivity contribution in [3.63, 3.8) is 0 Å². The molecular formula is C14H24O. The van der Waals surface area contributed by atoms with Gasteiger partial charge in [0.15, 0.2) is 0 Å². The first-order valence-corrected chi connectivity index (χ1v) is 6.23. The number of hydrogen-bond acceptors (Lipinski definition) is 1. The standard InChI is InChI=1S/C14H24O/c1-4-6-13(15)11-14(8-5-9-14)10-7-12(2)3/h7H,4-6,8-11H2,1-3H3. The van der Waals surface area contributed by atoms with Gasteiger partial charge in [-0.25, -0.2) is 0 Å². The van der Waals surface area contributed by atoms with Crippen LogP contribution in [0.2, 0.25) is 0 Å². The fraction of sp³-hybridized carbons (Fsp3) is 0.786. The zero-order valence-electron chi connectivity index (χ0n) is 10.4. The minimum absolute atomic E-state index is 0.351. The maximum atomic E-state index is 11.7. The van der Waals surface area contributed by atoms with Gasteiger partial charge in [0.25, 0.3) is 0 Å². The lowest BCUT2D eigenvalue weighted by atomic mass is 9.63. The van der Waals surface area contributed by atoms with Gasteiger partial charge in [0.05, 0.1) is 0 Å². The van der Waals surface area contributed by atoms with E-state index in [1.54, 1.807) is 0 Å². The SMILES string of the molecule is CCCC(=O)CC1(CC=C(C)C)CCC1. The maximum Gasteiger partial charge on any atom is 0.133 e. The van der Waals surface area contributed by atoms with E-state index in [9.17, 15) is 4.79 Å². The largest absolute Gasteiger partial charge is 0.300 e. The van der Waals surface area contributed by atoms with Crippen molar-refractivity contribution >= 4 is 5.78 Å². The summed E-state index contributed by atoms with van der Waals surface area (Å²) in [5.41, 5.74) is 1.73. The molecule has 1 aliphatic carbocycles. The second-order valence-corrected chi connectivity index (χ2v) is 5.30. The minimum atomic E-state index is 0.351. The third-order valence-corrected chi connectivity index (χ3v) is 3.46. The van der Waals surface area contributed by atoms with E-state index in [2.05, 4.69) is 26.8 Å². The van der Waals surface area contributed by atoms with Crippen LogP contribution in [-0.2, 0) is 4.79 Å². The number of allylic oxidation sites excluding steroid dienone is 2. The second kappa shape index (κ2) is 5.48. The van der Waals surface area contributed by atoms with Gasteiger partial charge < -0.3 is 0 Å². The zero-order valence-corrected chi connectivity index (χ0v) is 10.4. The summed E-state index contributed by atoms with van der Waals surface area (Å²) >= 11 is 0. The number of rotatable bonds is 6. The highest BCUT2D eigenvalue weighted by atomic mass is 16.1. The van der Waals surface area contributed by atoms with Crippen molar-refractivity contribution in [1.82, 2.24) is 0 Å². The van der Waals surface area contributed by atoms with Crippen LogP contribution in [0.15, 0.2) is 11.6 Å². The van der Waals surface area contributed by atoms with E-state index in [-0.39, 0.29) is 0 Å². The van der Waals surface area contributed by atoms with Crippen LogP contribution in [0.25, 0.3) is 0 Å². The predicted molar refractivity (Wildman–Crippen MR) is 64.9 cm³/mol. The molecule has 0 aliphatic heterocycles. The van der Waals surface area contributed by atoms with Crippen LogP contribution in [0.1, 0.15) is 65.7 Å². The van der Waals surface area contributed by atoms with E-state index in [1.165, 1.54) is 24.8 Å². The number of ketones is 1. The molecule has 0 heterocycles. The summed E-state index contributed by atoms with van der Waals surface area (Å²) in [4.78, 5) is 11.7. The van der Waals surface area contributed by atoms with E-state index in [1.807, 2.05) is 0 Å². The molecule has 1 fully saturated rings. The Balaban J connectivity index is 2.46. The van der Waals surface area contributed by atoms with Gasteiger partial charge in [-0.15, -0.1) is 0 Å². The first-order valence-electron chi connectivity index (χ1n) is 6.23. The smallest absolute Gasteiger partial charge is 0.133 e. The fourth-order valence-electron chi connectivity index (χ4n) is 2.34. The van der Waals surface area contributed by atoms with Crippen molar-refractivity contribution in [3.05, 3.63) is 11.6 Å². The fourth-order valence-corrected chi connectivity index (χ4v) is 2.34. The highest BCUT2D eigenvalue weighted by Gasteiger charge is 2.37. The first-order chi connectivity index (χ1) is 7.08. The van der Waals surface area contributed by atoms with Gasteiger partial charge in [-0.05, 0) is 44.9 Å². The van der Waals surface area contributed by atoms with Crippen LogP contribution in [-0.4, -0.2) is 5.78 Å². The topological polar surface area (TPSA) is 17.1 Å². The minimum Gasteiger partial charge on any atom is -0.300 e. The van der Waals surface area contributed by atoms with Crippen molar-refractivity contribution < 1.29 is 4.79 Å². The molecule has 0 atom stereocenters. The Labute approximate surface area is 93.9 Å². The molecule has 0 N–H and O–H groups in total. The Bertz CT molecular complexity index is 242. The molecule has 0 aromatic carbocycles. The third-order valence-electron chi connectivity index (χ3n) is 3.46. The molecule has 1 aliphatic rings. The predicted octanol–water partition coefficient (Wildman–Crippen LogP) is 4.27. The number of carbonyl (C=O) groups is 1. The molecule has 0 aromatic heterocycles. The number of Topliss-reactive ketones (excluding diaryl/α,β-unsaturated/α-hetero) is 1. The summed E-state index contributed by atoms with van der Waals surface area (Å²) < 4.78 is 0. The van der Waals surface area contributed by atoms with Gasteiger partial charge in [-0.3, -0.25) is 4.79 Å². The van der Waals surface area contributed by atoms with E-state index in [0.29, 0.717) is 11.2 Å². The van der Waals surface area contributed by atoms with Gasteiger partial charge in [-0.1, -0.05) is 25.0 Å². The zero-order chi connectivity index (χ0) is 11.3. The van der Waals surface area contributed by atoms with E-state index >= 15 is 0 Å². The highest BCUT2D eigenvalue weighted by molar-refractivity contribution is 5.79. The Hall–Kier alpha value is -0.590. The number of carbonyl (C=O) groups excluding carboxylic acids is 1. The van der Waals surface area contributed by atoms with E-state index in [4.69, 9.17) is 0 Å². The monoisotopic (exact) mass is 208 g/mol. The Morgan fingerprint density at radius 1 is 1.33 bits per heavy atom. The van der Waals surface area contributed by atoms with Gasteiger partial charge >= 0.3 is 0 Å². The summed E-state index contributed by atoms with van der Waals surface area (Å²) in [5, 5.41) is 0. The van der Waals surface area contributed by atoms with Crippen LogP contribution in [0.5, 0.6) is 0 Å². The molecule has 1 heteroatoms. The van der Waals surface area contributed by atoms with Crippen molar-refractivity contribution in [1.29, 1.82) is 0 Å². The second-order valence-electron chi connectivity index (χ2n) is 5.30. The van der Waals surface area contributed by atoms with Gasteiger partial charge in [-0.2, -0.15) is 0 Å². The molecule has 0 bridgehead atoms. The van der Waals surface area contributed by atoms with Crippen LogP contribution in [0, 0.1) is 5.41 Å². The molecule has 0 saturated heterocycles. The van der Waals surface area contributed by atoms with Crippen LogP contribution < -0.4 is 0 Å². The molecule has 86 valence electrons. The first kappa shape index (κ1) is 12.5. The third kappa shape index (κ3) is 3.81. The molecule has 1 saturated carbocycles. The van der Waals surface area contributed by atoms with Crippen molar-refractivity contribution in [2.45, 2.75) is 65.7 Å². The molecule has 0 amide bonds. The molecule has 0 spiro atoms. The molecule has 1 rings (SSSR count). The Morgan fingerprint density at radius 2 is 2.00 bits per heavy atom. The number of hydrogen-bond donors (Lipinski definition) is 0. The molecule has 1 nitrogen and oxygen atoms in total. The van der Waals surface area contributed by atoms with Gasteiger partial charge in [0.2, 0.25) is 0 Å². The Morgan fingerprint density at radius 3 is 2.40 bits per heavy atom.